The van der Waals surface area contributed by atoms with Crippen molar-refractivity contribution < 1.29 is 4.74 Å². The van der Waals surface area contributed by atoms with Gasteiger partial charge >= 0.3 is 0 Å². The summed E-state index contributed by atoms with van der Waals surface area (Å²) in [6.07, 6.45) is 5.78. The maximum absolute atomic E-state index is 12.4. The lowest BCUT2D eigenvalue weighted by Crippen LogP contribution is -2.23. The molecule has 1 unspecified atom stereocenters. The van der Waals surface area contributed by atoms with Gasteiger partial charge in [-0.2, -0.15) is 4.74 Å². The number of rotatable bonds is 2. The highest BCUT2D eigenvalue weighted by Gasteiger charge is 2.39. The Kier molecular flexibility index (Phi) is 2.40. The zero-order chi connectivity index (χ0) is 12.0. The fourth-order valence-electron chi connectivity index (χ4n) is 2.52. The average molecular weight is 246 g/mol. The van der Waals surface area contributed by atoms with Crippen LogP contribution < -0.4 is 0 Å². The highest BCUT2D eigenvalue weighted by molar-refractivity contribution is 7.12. The average Bonchev–Trinajstić information content (AvgIpc) is 2.82. The topological polar surface area (TPSA) is 38.4 Å². The SMILES string of the molecule is CCCC1C=NC=C2C1=[N+]([O-])c1c(C)csc12. The molecule has 4 heteroatoms. The number of allylic oxidation sites excluding steroid dienone is 1. The summed E-state index contributed by atoms with van der Waals surface area (Å²) in [5.41, 5.74) is 3.83. The minimum absolute atomic E-state index is 0.177. The molecule has 1 aromatic heterocycles. The van der Waals surface area contributed by atoms with Crippen molar-refractivity contribution in [2.75, 3.05) is 0 Å². The Bertz CT molecular complexity index is 566. The predicted molar refractivity (Wildman–Crippen MR) is 72.2 cm³/mol. The third kappa shape index (κ3) is 1.40. The summed E-state index contributed by atoms with van der Waals surface area (Å²) in [5, 5.41) is 14.4. The second-order valence-corrected chi connectivity index (χ2v) is 5.39. The Morgan fingerprint density at radius 1 is 1.53 bits per heavy atom. The molecule has 0 radical (unpaired) electrons. The van der Waals surface area contributed by atoms with Crippen molar-refractivity contribution in [2.45, 2.75) is 26.7 Å². The summed E-state index contributed by atoms with van der Waals surface area (Å²) < 4.78 is 1.12. The van der Waals surface area contributed by atoms with Crippen LogP contribution in [0.5, 0.6) is 0 Å². The van der Waals surface area contributed by atoms with Gasteiger partial charge in [0.15, 0.2) is 0 Å². The van der Waals surface area contributed by atoms with Gasteiger partial charge in [-0.25, -0.2) is 0 Å². The Morgan fingerprint density at radius 2 is 2.35 bits per heavy atom. The summed E-state index contributed by atoms with van der Waals surface area (Å²) in [7, 11) is 0. The van der Waals surface area contributed by atoms with E-state index in [2.05, 4.69) is 11.9 Å². The first-order chi connectivity index (χ1) is 8.24. The third-order valence-electron chi connectivity index (χ3n) is 3.31. The molecule has 0 N–H and O–H groups in total. The molecule has 1 atom stereocenters. The van der Waals surface area contributed by atoms with Crippen LogP contribution in [-0.2, 0) is 0 Å². The molecule has 0 fully saturated rings. The molecule has 0 amide bonds. The molecule has 2 aliphatic heterocycles. The smallest absolute Gasteiger partial charge is 0.238 e. The highest BCUT2D eigenvalue weighted by Crippen LogP contribution is 2.44. The largest absolute Gasteiger partial charge is 0.618 e. The number of aryl methyl sites for hydroxylation is 1. The standard InChI is InChI=1S/C13H14N2OS/c1-3-4-9-5-14-6-10-12(9)15(16)11-8(2)7-17-13(10)11/h5-7,9H,3-4H2,1-2H3. The molecular weight excluding hydrogens is 232 g/mol. The van der Waals surface area contributed by atoms with Crippen LogP contribution in [-0.4, -0.2) is 16.7 Å². The maximum atomic E-state index is 12.4. The molecular formula is C13H14N2OS. The summed E-state index contributed by atoms with van der Waals surface area (Å²) >= 11 is 1.64. The van der Waals surface area contributed by atoms with Gasteiger partial charge in [-0.1, -0.05) is 13.3 Å². The molecule has 17 heavy (non-hydrogen) atoms. The summed E-state index contributed by atoms with van der Waals surface area (Å²) in [6.45, 7) is 4.13. The number of aliphatic imine (C=N–C) groups is 1. The minimum Gasteiger partial charge on any atom is -0.618 e. The van der Waals surface area contributed by atoms with Crippen molar-refractivity contribution in [3.63, 3.8) is 0 Å². The third-order valence-corrected chi connectivity index (χ3v) is 4.43. The lowest BCUT2D eigenvalue weighted by molar-refractivity contribution is -0.358. The van der Waals surface area contributed by atoms with Crippen LogP contribution in [0.1, 0.15) is 30.2 Å². The van der Waals surface area contributed by atoms with Gasteiger partial charge in [0.25, 0.3) is 0 Å². The first kappa shape index (κ1) is 10.7. The maximum Gasteiger partial charge on any atom is 0.238 e. The summed E-state index contributed by atoms with van der Waals surface area (Å²) in [6, 6.07) is 0. The molecule has 0 aliphatic carbocycles. The van der Waals surface area contributed by atoms with Crippen molar-refractivity contribution >= 4 is 34.5 Å². The molecule has 0 aromatic carbocycles. The second kappa shape index (κ2) is 3.81. The van der Waals surface area contributed by atoms with Crippen LogP contribution >= 0.6 is 11.3 Å². The van der Waals surface area contributed by atoms with Crippen LogP contribution in [0, 0.1) is 18.0 Å². The molecule has 0 saturated carbocycles. The number of fused-ring (bicyclic) bond motifs is 3. The first-order valence-electron chi connectivity index (χ1n) is 5.90. The normalized spacial score (nSPS) is 21.5. The van der Waals surface area contributed by atoms with Gasteiger partial charge in [0, 0.05) is 23.4 Å². The van der Waals surface area contributed by atoms with Crippen molar-refractivity contribution in [1.82, 2.24) is 0 Å². The van der Waals surface area contributed by atoms with E-state index in [-0.39, 0.29) is 5.92 Å². The van der Waals surface area contributed by atoms with Crippen LogP contribution in [0.2, 0.25) is 0 Å². The molecule has 3 heterocycles. The summed E-state index contributed by atoms with van der Waals surface area (Å²) in [5.74, 6) is 0.177. The van der Waals surface area contributed by atoms with E-state index in [0.29, 0.717) is 0 Å². The van der Waals surface area contributed by atoms with Crippen LogP contribution in [0.3, 0.4) is 0 Å². The lowest BCUT2D eigenvalue weighted by atomic mass is 9.93. The van der Waals surface area contributed by atoms with Crippen LogP contribution in [0.15, 0.2) is 16.6 Å². The van der Waals surface area contributed by atoms with Gasteiger partial charge in [-0.05, 0) is 13.3 Å². The van der Waals surface area contributed by atoms with Gasteiger partial charge in [-0.3, -0.25) is 4.99 Å². The van der Waals surface area contributed by atoms with E-state index < -0.39 is 0 Å². The molecule has 2 aliphatic rings. The van der Waals surface area contributed by atoms with Gasteiger partial charge in [0.1, 0.15) is 4.88 Å². The van der Waals surface area contributed by atoms with E-state index in [1.54, 1.807) is 11.3 Å². The van der Waals surface area contributed by atoms with Gasteiger partial charge in [0.2, 0.25) is 11.4 Å². The number of nitrogens with zero attached hydrogens (tertiary/aromatic N) is 2. The lowest BCUT2D eigenvalue weighted by Gasteiger charge is -2.14. The van der Waals surface area contributed by atoms with E-state index in [9.17, 15) is 5.21 Å². The molecule has 3 rings (SSSR count). The zero-order valence-corrected chi connectivity index (χ0v) is 10.8. The Morgan fingerprint density at radius 3 is 3.12 bits per heavy atom. The van der Waals surface area contributed by atoms with E-state index >= 15 is 0 Å². The van der Waals surface area contributed by atoms with Gasteiger partial charge in [0.05, 0.1) is 11.5 Å². The molecule has 3 nitrogen and oxygen atoms in total. The molecule has 1 aromatic rings. The fourth-order valence-corrected chi connectivity index (χ4v) is 3.56. The van der Waals surface area contributed by atoms with Crippen molar-refractivity contribution in [2.24, 2.45) is 10.9 Å². The predicted octanol–water partition coefficient (Wildman–Crippen LogP) is 3.49. The Labute approximate surface area is 104 Å². The molecule has 88 valence electrons. The molecule has 0 saturated heterocycles. The van der Waals surface area contributed by atoms with Crippen LogP contribution in [0.25, 0.3) is 5.57 Å². The molecule has 0 bridgehead atoms. The first-order valence-corrected chi connectivity index (χ1v) is 6.78. The van der Waals surface area contributed by atoms with E-state index in [4.69, 9.17) is 0 Å². The van der Waals surface area contributed by atoms with Crippen molar-refractivity contribution in [1.29, 1.82) is 0 Å². The van der Waals surface area contributed by atoms with E-state index in [0.717, 1.165) is 45.0 Å². The highest BCUT2D eigenvalue weighted by atomic mass is 32.1. The fraction of sp³-hybridized carbons (Fsp3) is 0.385. The number of hydrogen-bond donors (Lipinski definition) is 0. The quantitative estimate of drug-likeness (QED) is 0.581. The van der Waals surface area contributed by atoms with Crippen molar-refractivity contribution in [3.8, 4) is 0 Å². The van der Waals surface area contributed by atoms with E-state index in [1.165, 1.54) is 0 Å². The minimum atomic E-state index is 0.177. The van der Waals surface area contributed by atoms with Gasteiger partial charge in [-0.15, -0.1) is 11.3 Å². The number of hydrogen-bond acceptors (Lipinski definition) is 3. The number of thiophene rings is 1. The van der Waals surface area contributed by atoms with E-state index in [1.807, 2.05) is 24.7 Å². The Hall–Kier alpha value is -1.42. The monoisotopic (exact) mass is 246 g/mol. The summed E-state index contributed by atoms with van der Waals surface area (Å²) in [4.78, 5) is 5.38. The Balaban J connectivity index is 2.16. The zero-order valence-electron chi connectivity index (χ0n) is 9.93. The van der Waals surface area contributed by atoms with Crippen molar-refractivity contribution in [3.05, 3.63) is 27.2 Å². The molecule has 0 spiro atoms. The van der Waals surface area contributed by atoms with Gasteiger partial charge < -0.3 is 5.21 Å². The van der Waals surface area contributed by atoms with Crippen LogP contribution in [0.4, 0.5) is 5.69 Å². The second-order valence-electron chi connectivity index (χ2n) is 4.51.